The van der Waals surface area contributed by atoms with Gasteiger partial charge in [-0.3, -0.25) is 9.89 Å². The third kappa shape index (κ3) is 4.03. The molecule has 0 spiro atoms. The van der Waals surface area contributed by atoms with Crippen molar-refractivity contribution < 1.29 is 22.7 Å². The fraction of sp³-hybridized carbons (Fsp3) is 0.176. The highest BCUT2D eigenvalue weighted by Crippen LogP contribution is 2.19. The molecule has 1 amide bonds. The van der Waals surface area contributed by atoms with E-state index in [1.54, 1.807) is 19.2 Å². The number of nitrogens with one attached hydrogen (secondary N) is 1. The van der Waals surface area contributed by atoms with Crippen LogP contribution in [-0.2, 0) is 13.2 Å². The Morgan fingerprint density at radius 3 is 2.88 bits per heavy atom. The molecule has 3 aromatic rings. The molecule has 1 aromatic carbocycles. The van der Waals surface area contributed by atoms with E-state index in [1.165, 1.54) is 23.3 Å². The van der Waals surface area contributed by atoms with Gasteiger partial charge >= 0.3 is 0 Å². The number of nitrogens with zero attached hydrogens (tertiary/aromatic N) is 2. The zero-order valence-electron chi connectivity index (χ0n) is 13.3. The van der Waals surface area contributed by atoms with E-state index in [0.29, 0.717) is 18.0 Å². The third-order valence-electron chi connectivity index (χ3n) is 3.45. The Hall–Kier alpha value is -3.16. The second-order valence-electron chi connectivity index (χ2n) is 5.38. The zero-order valence-corrected chi connectivity index (χ0v) is 13.3. The Bertz CT molecular complexity index is 862. The Morgan fingerprint density at radius 2 is 2.16 bits per heavy atom. The van der Waals surface area contributed by atoms with Crippen LogP contribution < -0.4 is 4.74 Å². The van der Waals surface area contributed by atoms with Gasteiger partial charge in [0.1, 0.15) is 18.2 Å². The van der Waals surface area contributed by atoms with Crippen LogP contribution in [-0.4, -0.2) is 28.1 Å². The maximum absolute atomic E-state index is 13.5. The summed E-state index contributed by atoms with van der Waals surface area (Å²) in [5.74, 6) is -1.21. The molecule has 25 heavy (non-hydrogen) atoms. The van der Waals surface area contributed by atoms with Gasteiger partial charge in [0.15, 0.2) is 17.3 Å². The summed E-state index contributed by atoms with van der Waals surface area (Å²) in [4.78, 5) is 13.8. The second-order valence-corrected chi connectivity index (χ2v) is 5.38. The topological polar surface area (TPSA) is 71.4 Å². The molecule has 6 nitrogen and oxygen atoms in total. The van der Waals surface area contributed by atoms with E-state index in [0.717, 1.165) is 12.1 Å². The molecule has 0 aliphatic carbocycles. The Labute approximate surface area is 142 Å². The van der Waals surface area contributed by atoms with Crippen molar-refractivity contribution in [3.8, 4) is 5.75 Å². The Balaban J connectivity index is 1.60. The summed E-state index contributed by atoms with van der Waals surface area (Å²) in [6, 6.07) is 8.06. The highest BCUT2D eigenvalue weighted by Gasteiger charge is 2.17. The molecule has 130 valence electrons. The summed E-state index contributed by atoms with van der Waals surface area (Å²) in [5.41, 5.74) is 0.686. The number of aromatic amines is 1. The van der Waals surface area contributed by atoms with Crippen LogP contribution >= 0.6 is 0 Å². The molecule has 0 atom stereocenters. The Morgan fingerprint density at radius 1 is 1.32 bits per heavy atom. The smallest absolute Gasteiger partial charge is 0.274 e. The number of amides is 1. The molecule has 1 N–H and O–H groups in total. The zero-order chi connectivity index (χ0) is 17.8. The van der Waals surface area contributed by atoms with E-state index in [2.05, 4.69) is 10.2 Å². The van der Waals surface area contributed by atoms with Crippen LogP contribution in [0.15, 0.2) is 47.1 Å². The van der Waals surface area contributed by atoms with E-state index in [1.807, 2.05) is 0 Å². The first-order valence-corrected chi connectivity index (χ1v) is 7.43. The predicted molar refractivity (Wildman–Crippen MR) is 83.8 cm³/mol. The lowest BCUT2D eigenvalue weighted by Crippen LogP contribution is -2.26. The van der Waals surface area contributed by atoms with Crippen molar-refractivity contribution in [2.24, 2.45) is 0 Å². The van der Waals surface area contributed by atoms with Crippen molar-refractivity contribution in [3.05, 3.63) is 71.4 Å². The Kier molecular flexibility index (Phi) is 4.78. The SMILES string of the molecule is CN(Cc1ccco1)C(=O)c1cc(COc2ccc(F)cc2F)[nH]n1. The largest absolute Gasteiger partial charge is 0.484 e. The number of aromatic nitrogens is 2. The number of halogens is 2. The molecule has 0 radical (unpaired) electrons. The van der Waals surface area contributed by atoms with Gasteiger partial charge in [-0.05, 0) is 30.3 Å². The molecule has 0 aliphatic rings. The van der Waals surface area contributed by atoms with Crippen molar-refractivity contribution in [1.82, 2.24) is 15.1 Å². The number of hydrogen-bond acceptors (Lipinski definition) is 4. The van der Waals surface area contributed by atoms with Crippen LogP contribution in [0, 0.1) is 11.6 Å². The van der Waals surface area contributed by atoms with Crippen LogP contribution in [0.4, 0.5) is 8.78 Å². The number of hydrogen-bond donors (Lipinski definition) is 1. The van der Waals surface area contributed by atoms with Gasteiger partial charge in [-0.1, -0.05) is 0 Å². The van der Waals surface area contributed by atoms with Crippen molar-refractivity contribution in [1.29, 1.82) is 0 Å². The van der Waals surface area contributed by atoms with Crippen molar-refractivity contribution in [2.45, 2.75) is 13.2 Å². The summed E-state index contributed by atoms with van der Waals surface area (Å²) in [7, 11) is 1.63. The molecule has 0 saturated heterocycles. The number of ether oxygens (including phenoxy) is 1. The summed E-state index contributed by atoms with van der Waals surface area (Å²) in [6.07, 6.45) is 1.53. The number of furan rings is 1. The maximum Gasteiger partial charge on any atom is 0.274 e. The summed E-state index contributed by atoms with van der Waals surface area (Å²) < 4.78 is 36.8. The highest BCUT2D eigenvalue weighted by molar-refractivity contribution is 5.92. The first-order chi connectivity index (χ1) is 12.0. The van der Waals surface area contributed by atoms with Crippen molar-refractivity contribution in [2.75, 3.05) is 7.05 Å². The minimum atomic E-state index is -0.797. The third-order valence-corrected chi connectivity index (χ3v) is 3.45. The average Bonchev–Trinajstić information content (AvgIpc) is 3.25. The van der Waals surface area contributed by atoms with Crippen molar-refractivity contribution >= 4 is 5.91 Å². The first-order valence-electron chi connectivity index (χ1n) is 7.43. The molecule has 0 unspecified atom stereocenters. The molecule has 2 aromatic heterocycles. The van der Waals surface area contributed by atoms with Gasteiger partial charge in [0.2, 0.25) is 0 Å². The van der Waals surface area contributed by atoms with Gasteiger partial charge in [0.05, 0.1) is 18.5 Å². The molecule has 8 heteroatoms. The number of carbonyl (C=O) groups is 1. The minimum absolute atomic E-state index is 0.0370. The summed E-state index contributed by atoms with van der Waals surface area (Å²) >= 11 is 0. The molecule has 2 heterocycles. The van der Waals surface area contributed by atoms with Crippen LogP contribution in [0.2, 0.25) is 0 Å². The lowest BCUT2D eigenvalue weighted by atomic mass is 10.3. The monoisotopic (exact) mass is 347 g/mol. The van der Waals surface area contributed by atoms with E-state index in [9.17, 15) is 13.6 Å². The molecule has 0 fully saturated rings. The quantitative estimate of drug-likeness (QED) is 0.744. The molecule has 0 bridgehead atoms. The van der Waals surface area contributed by atoms with Gasteiger partial charge in [-0.15, -0.1) is 0 Å². The number of H-pyrrole nitrogens is 1. The first kappa shape index (κ1) is 16.7. The fourth-order valence-electron chi connectivity index (χ4n) is 2.20. The predicted octanol–water partition coefficient (Wildman–Crippen LogP) is 3.13. The summed E-state index contributed by atoms with van der Waals surface area (Å²) in [6.45, 7) is 0.274. The van der Waals surface area contributed by atoms with Gasteiger partial charge in [-0.2, -0.15) is 5.10 Å². The van der Waals surface area contributed by atoms with Gasteiger partial charge in [0.25, 0.3) is 5.91 Å². The number of rotatable bonds is 6. The number of benzene rings is 1. The lowest BCUT2D eigenvalue weighted by Gasteiger charge is -2.13. The van der Waals surface area contributed by atoms with Crippen LogP contribution in [0.5, 0.6) is 5.75 Å². The normalized spacial score (nSPS) is 10.7. The van der Waals surface area contributed by atoms with E-state index in [4.69, 9.17) is 9.15 Å². The minimum Gasteiger partial charge on any atom is -0.484 e. The fourth-order valence-corrected chi connectivity index (χ4v) is 2.20. The number of carbonyl (C=O) groups excluding carboxylic acids is 1. The average molecular weight is 347 g/mol. The van der Waals surface area contributed by atoms with Crippen LogP contribution in [0.25, 0.3) is 0 Å². The second kappa shape index (κ2) is 7.16. The van der Waals surface area contributed by atoms with Gasteiger partial charge in [-0.25, -0.2) is 8.78 Å². The molecule has 0 aliphatic heterocycles. The lowest BCUT2D eigenvalue weighted by molar-refractivity contribution is 0.0769. The molecular formula is C17H15F2N3O3. The standard InChI is InChI=1S/C17H15F2N3O3/c1-22(9-13-3-2-6-24-13)17(23)15-8-12(20-21-15)10-25-16-5-4-11(18)7-14(16)19/h2-8H,9-10H2,1H3,(H,20,21). The molecule has 3 rings (SSSR count). The highest BCUT2D eigenvalue weighted by atomic mass is 19.1. The molecular weight excluding hydrogens is 332 g/mol. The van der Waals surface area contributed by atoms with E-state index in [-0.39, 0.29) is 24.0 Å². The van der Waals surface area contributed by atoms with Crippen molar-refractivity contribution in [3.63, 3.8) is 0 Å². The maximum atomic E-state index is 13.5. The van der Waals surface area contributed by atoms with Crippen LogP contribution in [0.3, 0.4) is 0 Å². The van der Waals surface area contributed by atoms with E-state index < -0.39 is 11.6 Å². The van der Waals surface area contributed by atoms with Gasteiger partial charge in [0, 0.05) is 13.1 Å². The van der Waals surface area contributed by atoms with Gasteiger partial charge < -0.3 is 14.1 Å². The molecule has 0 saturated carbocycles. The summed E-state index contributed by atoms with van der Waals surface area (Å²) in [5, 5.41) is 6.59. The van der Waals surface area contributed by atoms with E-state index >= 15 is 0 Å². The van der Waals surface area contributed by atoms with Crippen LogP contribution in [0.1, 0.15) is 21.9 Å².